The monoisotopic (exact) mass is 238 g/mol. The number of nitrogens with one attached hydrogen (secondary N) is 1. The van der Waals surface area contributed by atoms with Crippen LogP contribution in [-0.4, -0.2) is 42.1 Å². The average Bonchev–Trinajstić information content (AvgIpc) is 2.29. The van der Waals surface area contributed by atoms with Crippen LogP contribution in [0, 0.1) is 0 Å². The Labute approximate surface area is 100 Å². The quantitative estimate of drug-likeness (QED) is 0.828. The molecule has 1 rings (SSSR count). The molecule has 1 aromatic heterocycles. The van der Waals surface area contributed by atoms with Gasteiger partial charge in [-0.1, -0.05) is 0 Å². The van der Waals surface area contributed by atoms with Gasteiger partial charge >= 0.3 is 0 Å². The fraction of sp³-hybridized carbons (Fsp3) is 0.500. The van der Waals surface area contributed by atoms with Crippen LogP contribution in [0.2, 0.25) is 0 Å². The van der Waals surface area contributed by atoms with Gasteiger partial charge in [-0.05, 0) is 19.9 Å². The summed E-state index contributed by atoms with van der Waals surface area (Å²) in [7, 11) is 1.59. The number of hydrogen-bond acceptors (Lipinski definition) is 3. The Kier molecular flexibility index (Phi) is 4.90. The van der Waals surface area contributed by atoms with Crippen molar-refractivity contribution in [2.45, 2.75) is 19.9 Å². The third-order valence-corrected chi connectivity index (χ3v) is 2.44. The number of amides is 1. The van der Waals surface area contributed by atoms with E-state index in [0.717, 1.165) is 0 Å². The lowest BCUT2D eigenvalue weighted by Gasteiger charge is -2.26. The van der Waals surface area contributed by atoms with E-state index in [1.54, 1.807) is 18.1 Å². The summed E-state index contributed by atoms with van der Waals surface area (Å²) < 4.78 is 4.97. The van der Waals surface area contributed by atoms with E-state index in [9.17, 15) is 9.59 Å². The number of aromatic nitrogens is 1. The molecule has 0 aliphatic rings. The van der Waals surface area contributed by atoms with E-state index >= 15 is 0 Å². The number of hydrogen-bond donors (Lipinski definition) is 1. The van der Waals surface area contributed by atoms with Crippen molar-refractivity contribution in [2.24, 2.45) is 0 Å². The summed E-state index contributed by atoms with van der Waals surface area (Å²) in [5.74, 6) is -0.150. The molecule has 5 nitrogen and oxygen atoms in total. The zero-order valence-electron chi connectivity index (χ0n) is 10.4. The van der Waals surface area contributed by atoms with Crippen molar-refractivity contribution >= 4 is 5.91 Å². The average molecular weight is 238 g/mol. The van der Waals surface area contributed by atoms with Crippen LogP contribution in [0.4, 0.5) is 0 Å². The summed E-state index contributed by atoms with van der Waals surface area (Å²) in [5.41, 5.74) is 0.129. The maximum absolute atomic E-state index is 12.2. The maximum Gasteiger partial charge on any atom is 0.254 e. The van der Waals surface area contributed by atoms with Crippen molar-refractivity contribution in [3.05, 3.63) is 34.2 Å². The van der Waals surface area contributed by atoms with Crippen molar-refractivity contribution in [1.82, 2.24) is 9.88 Å². The molecule has 0 bridgehead atoms. The summed E-state index contributed by atoms with van der Waals surface area (Å²) >= 11 is 0. The number of H-pyrrole nitrogens is 1. The Morgan fingerprint density at radius 3 is 2.76 bits per heavy atom. The Bertz CT molecular complexity index is 426. The van der Waals surface area contributed by atoms with Crippen LogP contribution >= 0.6 is 0 Å². The van der Waals surface area contributed by atoms with Crippen molar-refractivity contribution in [3.8, 4) is 0 Å². The van der Waals surface area contributed by atoms with Gasteiger partial charge in [-0.25, -0.2) is 0 Å². The van der Waals surface area contributed by atoms with E-state index in [4.69, 9.17) is 4.74 Å². The van der Waals surface area contributed by atoms with Gasteiger partial charge < -0.3 is 14.6 Å². The van der Waals surface area contributed by atoms with Gasteiger partial charge in [-0.3, -0.25) is 9.59 Å². The molecule has 1 heterocycles. The molecule has 17 heavy (non-hydrogen) atoms. The van der Waals surface area contributed by atoms with Crippen molar-refractivity contribution in [2.75, 3.05) is 20.3 Å². The topological polar surface area (TPSA) is 62.4 Å². The van der Waals surface area contributed by atoms with Gasteiger partial charge in [0.2, 0.25) is 5.56 Å². The van der Waals surface area contributed by atoms with Gasteiger partial charge in [0.15, 0.2) is 0 Å². The summed E-state index contributed by atoms with van der Waals surface area (Å²) in [6, 6.07) is 2.98. The minimum absolute atomic E-state index is 0.0666. The lowest BCUT2D eigenvalue weighted by Crippen LogP contribution is -2.39. The van der Waals surface area contributed by atoms with E-state index in [2.05, 4.69) is 4.98 Å². The first kappa shape index (κ1) is 13.4. The van der Waals surface area contributed by atoms with Crippen LogP contribution in [0.3, 0.4) is 0 Å². The van der Waals surface area contributed by atoms with E-state index in [-0.39, 0.29) is 17.5 Å². The van der Waals surface area contributed by atoms with E-state index in [1.165, 1.54) is 12.3 Å². The van der Waals surface area contributed by atoms with E-state index < -0.39 is 0 Å². The zero-order chi connectivity index (χ0) is 12.8. The van der Waals surface area contributed by atoms with Crippen molar-refractivity contribution in [3.63, 3.8) is 0 Å². The molecular weight excluding hydrogens is 220 g/mol. The summed E-state index contributed by atoms with van der Waals surface area (Å²) in [6.45, 7) is 4.86. The zero-order valence-corrected chi connectivity index (χ0v) is 10.4. The highest BCUT2D eigenvalue weighted by atomic mass is 16.5. The second-order valence-electron chi connectivity index (χ2n) is 4.03. The Hall–Kier alpha value is -1.62. The van der Waals surface area contributed by atoms with Gasteiger partial charge in [-0.15, -0.1) is 0 Å². The molecular formula is C12H18N2O3. The highest BCUT2D eigenvalue weighted by Crippen LogP contribution is 2.06. The molecule has 5 heteroatoms. The predicted molar refractivity (Wildman–Crippen MR) is 65.1 cm³/mol. The predicted octanol–water partition coefficient (Wildman–Crippen LogP) is 0.872. The Morgan fingerprint density at radius 1 is 1.53 bits per heavy atom. The van der Waals surface area contributed by atoms with Crippen LogP contribution < -0.4 is 5.56 Å². The molecule has 0 saturated carbocycles. The first-order chi connectivity index (χ1) is 8.06. The molecule has 0 aliphatic heterocycles. The van der Waals surface area contributed by atoms with Crippen LogP contribution in [-0.2, 0) is 4.74 Å². The molecule has 0 spiro atoms. The van der Waals surface area contributed by atoms with Crippen LogP contribution in [0.1, 0.15) is 24.2 Å². The molecule has 1 aromatic rings. The highest BCUT2D eigenvalue weighted by Gasteiger charge is 2.18. The SMILES string of the molecule is COCCN(C(=O)c1cc[nH]c(=O)c1)C(C)C. The number of pyridine rings is 1. The smallest absolute Gasteiger partial charge is 0.254 e. The minimum Gasteiger partial charge on any atom is -0.383 e. The summed E-state index contributed by atoms with van der Waals surface area (Å²) in [5, 5.41) is 0. The first-order valence-corrected chi connectivity index (χ1v) is 5.55. The van der Waals surface area contributed by atoms with Gasteiger partial charge in [0.05, 0.1) is 6.61 Å². The fourth-order valence-electron chi connectivity index (χ4n) is 1.53. The van der Waals surface area contributed by atoms with Crippen LogP contribution in [0.15, 0.2) is 23.1 Å². The number of aromatic amines is 1. The largest absolute Gasteiger partial charge is 0.383 e. The molecule has 94 valence electrons. The number of rotatable bonds is 5. The Morgan fingerprint density at radius 2 is 2.24 bits per heavy atom. The first-order valence-electron chi connectivity index (χ1n) is 5.55. The fourth-order valence-corrected chi connectivity index (χ4v) is 1.53. The molecule has 0 aromatic carbocycles. The third-order valence-electron chi connectivity index (χ3n) is 2.44. The Balaban J connectivity index is 2.87. The minimum atomic E-state index is -0.272. The number of carbonyl (C=O) groups excluding carboxylic acids is 1. The van der Waals surface area contributed by atoms with E-state index in [1.807, 2.05) is 13.8 Å². The van der Waals surface area contributed by atoms with Crippen LogP contribution in [0.25, 0.3) is 0 Å². The van der Waals surface area contributed by atoms with Gasteiger partial charge in [0, 0.05) is 37.5 Å². The number of carbonyl (C=O) groups is 1. The highest BCUT2D eigenvalue weighted by molar-refractivity contribution is 5.94. The molecule has 1 amide bonds. The third kappa shape index (κ3) is 3.71. The van der Waals surface area contributed by atoms with Crippen molar-refractivity contribution < 1.29 is 9.53 Å². The normalized spacial score (nSPS) is 10.6. The lowest BCUT2D eigenvalue weighted by molar-refractivity contribution is 0.0634. The van der Waals surface area contributed by atoms with E-state index in [0.29, 0.717) is 18.7 Å². The number of ether oxygens (including phenoxy) is 1. The van der Waals surface area contributed by atoms with Gasteiger partial charge in [0.25, 0.3) is 5.91 Å². The number of methoxy groups -OCH3 is 1. The molecule has 1 N–H and O–H groups in total. The molecule has 0 atom stereocenters. The molecule has 0 fully saturated rings. The van der Waals surface area contributed by atoms with Crippen LogP contribution in [0.5, 0.6) is 0 Å². The summed E-state index contributed by atoms with van der Waals surface area (Å²) in [6.07, 6.45) is 1.48. The number of nitrogens with zero attached hydrogens (tertiary/aromatic N) is 1. The second kappa shape index (κ2) is 6.20. The summed E-state index contributed by atoms with van der Waals surface area (Å²) in [4.78, 5) is 27.5. The molecule has 0 unspecified atom stereocenters. The van der Waals surface area contributed by atoms with Gasteiger partial charge in [0.1, 0.15) is 0 Å². The molecule has 0 aliphatic carbocycles. The molecule has 0 saturated heterocycles. The maximum atomic E-state index is 12.2. The standard InChI is InChI=1S/C12H18N2O3/c1-9(2)14(6-7-17-3)12(16)10-4-5-13-11(15)8-10/h4-5,8-9H,6-7H2,1-3H3,(H,13,15). The van der Waals surface area contributed by atoms with Crippen molar-refractivity contribution in [1.29, 1.82) is 0 Å². The van der Waals surface area contributed by atoms with Gasteiger partial charge in [-0.2, -0.15) is 0 Å². The lowest BCUT2D eigenvalue weighted by atomic mass is 10.2. The second-order valence-corrected chi connectivity index (χ2v) is 4.03. The molecule has 0 radical (unpaired) electrons.